The molecule has 2 aromatic rings. The van der Waals surface area contributed by atoms with Crippen LogP contribution in [0.1, 0.15) is 43.3 Å². The summed E-state index contributed by atoms with van der Waals surface area (Å²) in [6, 6.07) is 6.38. The molecule has 1 aromatic carbocycles. The zero-order valence-electron chi connectivity index (χ0n) is 13.7. The molecule has 0 aliphatic heterocycles. The van der Waals surface area contributed by atoms with E-state index < -0.39 is 0 Å². The van der Waals surface area contributed by atoms with Crippen molar-refractivity contribution in [2.75, 3.05) is 0 Å². The second-order valence-corrected chi connectivity index (χ2v) is 7.50. The van der Waals surface area contributed by atoms with Gasteiger partial charge in [-0.1, -0.05) is 22.0 Å². The lowest BCUT2D eigenvalue weighted by Crippen LogP contribution is -2.35. The van der Waals surface area contributed by atoms with Crippen LogP contribution in [-0.2, 0) is 6.54 Å². The van der Waals surface area contributed by atoms with E-state index in [0.29, 0.717) is 0 Å². The molecule has 0 unspecified atom stereocenters. The van der Waals surface area contributed by atoms with Crippen LogP contribution in [0.2, 0.25) is 0 Å². The highest BCUT2D eigenvalue weighted by Gasteiger charge is 2.15. The highest BCUT2D eigenvalue weighted by molar-refractivity contribution is 9.10. The Morgan fingerprint density at radius 1 is 1.19 bits per heavy atom. The van der Waals surface area contributed by atoms with E-state index in [-0.39, 0.29) is 5.54 Å². The van der Waals surface area contributed by atoms with Crippen molar-refractivity contribution in [1.29, 1.82) is 0 Å². The predicted molar refractivity (Wildman–Crippen MR) is 92.1 cm³/mol. The van der Waals surface area contributed by atoms with Gasteiger partial charge >= 0.3 is 0 Å². The van der Waals surface area contributed by atoms with Crippen LogP contribution in [0.3, 0.4) is 0 Å². The summed E-state index contributed by atoms with van der Waals surface area (Å²) in [6.45, 7) is 13.7. The quantitative estimate of drug-likeness (QED) is 0.886. The van der Waals surface area contributed by atoms with Crippen molar-refractivity contribution >= 4 is 15.9 Å². The van der Waals surface area contributed by atoms with Crippen LogP contribution in [0, 0.1) is 20.8 Å². The average molecular weight is 350 g/mol. The van der Waals surface area contributed by atoms with Crippen molar-refractivity contribution in [2.24, 2.45) is 0 Å². The molecule has 0 aliphatic rings. The first-order valence-electron chi connectivity index (χ1n) is 7.25. The van der Waals surface area contributed by atoms with Gasteiger partial charge in [0.05, 0.1) is 11.4 Å². The molecule has 114 valence electrons. The number of nitrogens with zero attached hydrogens (tertiary/aromatic N) is 2. The zero-order valence-corrected chi connectivity index (χ0v) is 15.3. The Labute approximate surface area is 135 Å². The summed E-state index contributed by atoms with van der Waals surface area (Å²) in [6.07, 6.45) is 0. The summed E-state index contributed by atoms with van der Waals surface area (Å²) in [5, 5.41) is 8.25. The summed E-state index contributed by atoms with van der Waals surface area (Å²) in [5.41, 5.74) is 6.01. The third kappa shape index (κ3) is 3.74. The average Bonchev–Trinajstić information content (AvgIpc) is 2.64. The lowest BCUT2D eigenvalue weighted by molar-refractivity contribution is 0.423. The van der Waals surface area contributed by atoms with Gasteiger partial charge in [-0.15, -0.1) is 0 Å². The summed E-state index contributed by atoms with van der Waals surface area (Å²) in [5.74, 6) is 0. The number of benzene rings is 1. The highest BCUT2D eigenvalue weighted by Crippen LogP contribution is 2.24. The van der Waals surface area contributed by atoms with Gasteiger partial charge in [-0.25, -0.2) is 4.68 Å². The molecular formula is C17H24BrN3. The minimum atomic E-state index is 0.0926. The van der Waals surface area contributed by atoms with E-state index >= 15 is 0 Å². The van der Waals surface area contributed by atoms with E-state index in [1.807, 2.05) is 0 Å². The van der Waals surface area contributed by atoms with Crippen molar-refractivity contribution in [2.45, 2.75) is 53.6 Å². The monoisotopic (exact) mass is 349 g/mol. The molecule has 2 rings (SSSR count). The highest BCUT2D eigenvalue weighted by atomic mass is 79.9. The molecule has 1 heterocycles. The molecule has 0 amide bonds. The van der Waals surface area contributed by atoms with Gasteiger partial charge in [0.25, 0.3) is 0 Å². The lowest BCUT2D eigenvalue weighted by Gasteiger charge is -2.22. The molecule has 0 saturated carbocycles. The van der Waals surface area contributed by atoms with Gasteiger partial charge in [-0.05, 0) is 64.8 Å². The Balaban J connectivity index is 2.46. The summed E-state index contributed by atoms with van der Waals surface area (Å²) in [4.78, 5) is 0. The first kappa shape index (κ1) is 16.2. The van der Waals surface area contributed by atoms with Crippen LogP contribution < -0.4 is 5.32 Å². The number of halogens is 1. The summed E-state index contributed by atoms with van der Waals surface area (Å²) < 4.78 is 3.12. The number of rotatable bonds is 3. The minimum absolute atomic E-state index is 0.0926. The van der Waals surface area contributed by atoms with E-state index in [0.717, 1.165) is 22.4 Å². The molecule has 3 nitrogen and oxygen atoms in total. The van der Waals surface area contributed by atoms with Crippen LogP contribution in [0.15, 0.2) is 22.7 Å². The molecule has 1 aromatic heterocycles. The second kappa shape index (κ2) is 5.93. The molecule has 21 heavy (non-hydrogen) atoms. The largest absolute Gasteiger partial charge is 0.308 e. The second-order valence-electron chi connectivity index (χ2n) is 6.58. The number of hydrogen-bond donors (Lipinski definition) is 1. The molecule has 0 aliphatic carbocycles. The van der Waals surface area contributed by atoms with Gasteiger partial charge in [0, 0.05) is 22.3 Å². The molecule has 0 fully saturated rings. The van der Waals surface area contributed by atoms with Gasteiger partial charge in [0.1, 0.15) is 0 Å². The molecule has 0 saturated heterocycles. The van der Waals surface area contributed by atoms with Crippen LogP contribution in [0.5, 0.6) is 0 Å². The molecule has 0 radical (unpaired) electrons. The lowest BCUT2D eigenvalue weighted by atomic mass is 10.1. The standard InChI is InChI=1S/C17H24BrN3/c1-11-12(2)20-21(13(11)3)16-9-15(18)8-7-14(16)10-19-17(4,5)6/h7-9,19H,10H2,1-6H3. The van der Waals surface area contributed by atoms with Crippen molar-refractivity contribution < 1.29 is 0 Å². The van der Waals surface area contributed by atoms with Gasteiger partial charge in [-0.3, -0.25) is 0 Å². The van der Waals surface area contributed by atoms with Crippen molar-refractivity contribution in [1.82, 2.24) is 15.1 Å². The third-order valence-electron chi connectivity index (χ3n) is 3.74. The Morgan fingerprint density at radius 3 is 2.38 bits per heavy atom. The summed E-state index contributed by atoms with van der Waals surface area (Å²) >= 11 is 3.57. The fourth-order valence-corrected chi connectivity index (χ4v) is 2.55. The fraction of sp³-hybridized carbons (Fsp3) is 0.471. The molecule has 0 spiro atoms. The Kier molecular flexibility index (Phi) is 4.59. The zero-order chi connectivity index (χ0) is 15.8. The number of aryl methyl sites for hydroxylation is 1. The Hall–Kier alpha value is -1.13. The first-order chi connectivity index (χ1) is 9.69. The smallest absolute Gasteiger partial charge is 0.0705 e. The van der Waals surface area contributed by atoms with E-state index in [1.165, 1.54) is 16.8 Å². The Bertz CT molecular complexity index is 651. The van der Waals surface area contributed by atoms with Crippen LogP contribution >= 0.6 is 15.9 Å². The maximum atomic E-state index is 4.69. The molecular weight excluding hydrogens is 326 g/mol. The van der Waals surface area contributed by atoms with E-state index in [9.17, 15) is 0 Å². The normalized spacial score (nSPS) is 12.0. The van der Waals surface area contributed by atoms with E-state index in [2.05, 4.69) is 85.7 Å². The molecule has 0 bridgehead atoms. The van der Waals surface area contributed by atoms with Crippen molar-refractivity contribution in [3.63, 3.8) is 0 Å². The summed E-state index contributed by atoms with van der Waals surface area (Å²) in [7, 11) is 0. The maximum absolute atomic E-state index is 4.69. The van der Waals surface area contributed by atoms with E-state index in [4.69, 9.17) is 5.10 Å². The van der Waals surface area contributed by atoms with Gasteiger partial charge in [0.15, 0.2) is 0 Å². The van der Waals surface area contributed by atoms with Gasteiger partial charge < -0.3 is 5.32 Å². The van der Waals surface area contributed by atoms with Gasteiger partial charge in [-0.2, -0.15) is 5.10 Å². The number of nitrogens with one attached hydrogen (secondary N) is 1. The minimum Gasteiger partial charge on any atom is -0.308 e. The molecule has 4 heteroatoms. The van der Waals surface area contributed by atoms with E-state index in [1.54, 1.807) is 0 Å². The third-order valence-corrected chi connectivity index (χ3v) is 4.23. The van der Waals surface area contributed by atoms with Crippen LogP contribution in [0.25, 0.3) is 5.69 Å². The SMILES string of the molecule is Cc1nn(-c2cc(Br)ccc2CNC(C)(C)C)c(C)c1C. The molecule has 0 atom stereocenters. The topological polar surface area (TPSA) is 29.9 Å². The van der Waals surface area contributed by atoms with Crippen LogP contribution in [0.4, 0.5) is 0 Å². The first-order valence-corrected chi connectivity index (χ1v) is 8.05. The fourth-order valence-electron chi connectivity index (χ4n) is 2.20. The number of aromatic nitrogens is 2. The predicted octanol–water partition coefficient (Wildman–Crippen LogP) is 4.45. The van der Waals surface area contributed by atoms with Crippen molar-refractivity contribution in [3.05, 3.63) is 45.2 Å². The Morgan fingerprint density at radius 2 is 1.86 bits per heavy atom. The van der Waals surface area contributed by atoms with Crippen LogP contribution in [-0.4, -0.2) is 15.3 Å². The van der Waals surface area contributed by atoms with Crippen molar-refractivity contribution in [3.8, 4) is 5.69 Å². The molecule has 1 N–H and O–H groups in total. The number of hydrogen-bond acceptors (Lipinski definition) is 2. The van der Waals surface area contributed by atoms with Gasteiger partial charge in [0.2, 0.25) is 0 Å². The maximum Gasteiger partial charge on any atom is 0.0705 e.